The van der Waals surface area contributed by atoms with Crippen LogP contribution in [-0.2, 0) is 4.79 Å². The van der Waals surface area contributed by atoms with Crippen molar-refractivity contribution >= 4 is 6.29 Å². The molecule has 0 unspecified atom stereocenters. The smallest absolute Gasteiger partial charge is 0.119 e. The second kappa shape index (κ2) is 14.9. The van der Waals surface area contributed by atoms with Crippen molar-refractivity contribution in [3.8, 4) is 0 Å². The summed E-state index contributed by atoms with van der Waals surface area (Å²) in [4.78, 5) is 10.1. The minimum absolute atomic E-state index is 0.722. The fourth-order valence-electron chi connectivity index (χ4n) is 1.48. The van der Waals surface area contributed by atoms with Crippen molar-refractivity contribution in [3.05, 3.63) is 36.5 Å². The lowest BCUT2D eigenvalue weighted by atomic mass is 10.1. The van der Waals surface area contributed by atoms with Crippen LogP contribution in [0.5, 0.6) is 0 Å². The molecule has 0 fully saturated rings. The molecule has 1 nitrogen and oxygen atoms in total. The summed E-state index contributed by atoms with van der Waals surface area (Å²) in [5.41, 5.74) is 0. The van der Waals surface area contributed by atoms with E-state index in [1.54, 1.807) is 0 Å². The number of aldehydes is 1. The van der Waals surface area contributed by atoms with Crippen molar-refractivity contribution in [1.29, 1.82) is 0 Å². The SMILES string of the molecule is CC/C=C\C=C/CC/C=C\CCCCCC=O. The van der Waals surface area contributed by atoms with Gasteiger partial charge in [-0.15, -0.1) is 0 Å². The summed E-state index contributed by atoms with van der Waals surface area (Å²) in [6, 6.07) is 0. The predicted octanol–water partition coefficient (Wildman–Crippen LogP) is 4.99. The number of allylic oxidation sites excluding steroid dienone is 6. The molecule has 0 aromatic heterocycles. The molecular formula is C16H26O. The zero-order valence-corrected chi connectivity index (χ0v) is 11.1. The molecule has 0 N–H and O–H groups in total. The zero-order chi connectivity index (χ0) is 12.6. The molecule has 0 aliphatic carbocycles. The summed E-state index contributed by atoms with van der Waals surface area (Å²) in [7, 11) is 0. The molecule has 0 aromatic rings. The van der Waals surface area contributed by atoms with Crippen molar-refractivity contribution in [2.75, 3.05) is 0 Å². The molecule has 0 aromatic carbocycles. The van der Waals surface area contributed by atoms with Gasteiger partial charge in [-0.2, -0.15) is 0 Å². The summed E-state index contributed by atoms with van der Waals surface area (Å²) in [5.74, 6) is 0. The molecule has 0 radical (unpaired) electrons. The van der Waals surface area contributed by atoms with Crippen LogP contribution in [0.25, 0.3) is 0 Å². The van der Waals surface area contributed by atoms with Gasteiger partial charge in [-0.05, 0) is 38.5 Å². The Morgan fingerprint density at radius 3 is 2.12 bits per heavy atom. The standard InChI is InChI=1S/C16H26O/c1-2-3-4-5-6-7-8-9-10-11-12-13-14-15-16-17/h3-6,9-10,16H,2,7-8,11-15H2,1H3/b4-3-,6-5-,10-9-. The van der Waals surface area contributed by atoms with E-state index in [4.69, 9.17) is 0 Å². The molecule has 0 saturated heterocycles. The van der Waals surface area contributed by atoms with Gasteiger partial charge in [0.15, 0.2) is 0 Å². The van der Waals surface area contributed by atoms with Gasteiger partial charge < -0.3 is 4.79 Å². The number of carbonyl (C=O) groups is 1. The van der Waals surface area contributed by atoms with Crippen LogP contribution >= 0.6 is 0 Å². The van der Waals surface area contributed by atoms with Crippen molar-refractivity contribution in [1.82, 2.24) is 0 Å². The number of hydrogen-bond acceptors (Lipinski definition) is 1. The highest BCUT2D eigenvalue weighted by molar-refractivity contribution is 5.48. The molecule has 0 amide bonds. The third kappa shape index (κ3) is 14.9. The molecule has 0 heterocycles. The van der Waals surface area contributed by atoms with Crippen LogP contribution in [0.2, 0.25) is 0 Å². The fourth-order valence-corrected chi connectivity index (χ4v) is 1.48. The normalized spacial score (nSPS) is 12.1. The van der Waals surface area contributed by atoms with Crippen LogP contribution in [0.3, 0.4) is 0 Å². The molecule has 0 aliphatic rings. The van der Waals surface area contributed by atoms with E-state index < -0.39 is 0 Å². The summed E-state index contributed by atoms with van der Waals surface area (Å²) < 4.78 is 0. The summed E-state index contributed by atoms with van der Waals surface area (Å²) in [6.07, 6.45) is 22.8. The Bertz CT molecular complexity index is 236. The predicted molar refractivity (Wildman–Crippen MR) is 76.1 cm³/mol. The van der Waals surface area contributed by atoms with Crippen molar-refractivity contribution in [2.45, 2.75) is 58.3 Å². The van der Waals surface area contributed by atoms with E-state index in [-0.39, 0.29) is 0 Å². The maximum absolute atomic E-state index is 10.1. The van der Waals surface area contributed by atoms with E-state index >= 15 is 0 Å². The Morgan fingerprint density at radius 1 is 0.706 bits per heavy atom. The first kappa shape index (κ1) is 15.9. The topological polar surface area (TPSA) is 17.1 Å². The second-order valence-corrected chi connectivity index (χ2v) is 4.12. The third-order valence-electron chi connectivity index (χ3n) is 2.48. The molecule has 0 rings (SSSR count). The van der Waals surface area contributed by atoms with Gasteiger partial charge >= 0.3 is 0 Å². The van der Waals surface area contributed by atoms with Crippen LogP contribution in [0, 0.1) is 0 Å². The average molecular weight is 234 g/mol. The lowest BCUT2D eigenvalue weighted by Gasteiger charge is -1.93. The molecule has 1 heteroatoms. The lowest BCUT2D eigenvalue weighted by Crippen LogP contribution is -1.77. The minimum Gasteiger partial charge on any atom is -0.303 e. The van der Waals surface area contributed by atoms with Gasteiger partial charge in [-0.1, -0.05) is 49.8 Å². The molecule has 0 spiro atoms. The van der Waals surface area contributed by atoms with E-state index in [1.165, 1.54) is 12.8 Å². The van der Waals surface area contributed by atoms with E-state index in [2.05, 4.69) is 43.4 Å². The van der Waals surface area contributed by atoms with Crippen molar-refractivity contribution in [3.63, 3.8) is 0 Å². The van der Waals surface area contributed by atoms with E-state index in [0.29, 0.717) is 0 Å². The largest absolute Gasteiger partial charge is 0.303 e. The number of rotatable bonds is 11. The maximum Gasteiger partial charge on any atom is 0.119 e. The first-order valence-electron chi connectivity index (χ1n) is 6.82. The molecular weight excluding hydrogens is 208 g/mol. The Morgan fingerprint density at radius 2 is 1.35 bits per heavy atom. The highest BCUT2D eigenvalue weighted by atomic mass is 16.1. The number of unbranched alkanes of at least 4 members (excludes halogenated alkanes) is 5. The number of hydrogen-bond donors (Lipinski definition) is 0. The van der Waals surface area contributed by atoms with Crippen molar-refractivity contribution < 1.29 is 4.79 Å². The van der Waals surface area contributed by atoms with Gasteiger partial charge in [0.2, 0.25) is 0 Å². The first-order valence-corrected chi connectivity index (χ1v) is 6.82. The van der Waals surface area contributed by atoms with Crippen LogP contribution in [-0.4, -0.2) is 6.29 Å². The Balaban J connectivity index is 3.22. The molecule has 0 aliphatic heterocycles. The van der Waals surface area contributed by atoms with Gasteiger partial charge in [-0.3, -0.25) is 0 Å². The summed E-state index contributed by atoms with van der Waals surface area (Å²) >= 11 is 0. The summed E-state index contributed by atoms with van der Waals surface area (Å²) in [5, 5.41) is 0. The molecule has 96 valence electrons. The summed E-state index contributed by atoms with van der Waals surface area (Å²) in [6.45, 7) is 2.14. The fraction of sp³-hybridized carbons (Fsp3) is 0.562. The van der Waals surface area contributed by atoms with Crippen LogP contribution in [0.15, 0.2) is 36.5 Å². The molecule has 0 saturated carbocycles. The zero-order valence-electron chi connectivity index (χ0n) is 11.1. The molecule has 0 bridgehead atoms. The number of carbonyl (C=O) groups excluding carboxylic acids is 1. The Kier molecular flexibility index (Phi) is 13.9. The van der Waals surface area contributed by atoms with Crippen LogP contribution < -0.4 is 0 Å². The average Bonchev–Trinajstić information content (AvgIpc) is 2.35. The van der Waals surface area contributed by atoms with E-state index in [9.17, 15) is 4.79 Å². The Hall–Kier alpha value is -1.11. The quantitative estimate of drug-likeness (QED) is 0.213. The van der Waals surface area contributed by atoms with E-state index in [1.807, 2.05) is 0 Å². The molecule has 0 atom stereocenters. The highest BCUT2D eigenvalue weighted by Crippen LogP contribution is 2.03. The van der Waals surface area contributed by atoms with E-state index in [0.717, 1.165) is 44.8 Å². The minimum atomic E-state index is 0.722. The van der Waals surface area contributed by atoms with Gasteiger partial charge in [0.1, 0.15) is 6.29 Å². The second-order valence-electron chi connectivity index (χ2n) is 4.12. The van der Waals surface area contributed by atoms with Gasteiger partial charge in [-0.25, -0.2) is 0 Å². The Labute approximate surface area is 106 Å². The highest BCUT2D eigenvalue weighted by Gasteiger charge is 1.86. The van der Waals surface area contributed by atoms with Gasteiger partial charge in [0.05, 0.1) is 0 Å². The monoisotopic (exact) mass is 234 g/mol. The van der Waals surface area contributed by atoms with Gasteiger partial charge in [0, 0.05) is 6.42 Å². The lowest BCUT2D eigenvalue weighted by molar-refractivity contribution is -0.107. The maximum atomic E-state index is 10.1. The van der Waals surface area contributed by atoms with Crippen molar-refractivity contribution in [2.24, 2.45) is 0 Å². The first-order chi connectivity index (χ1) is 8.41. The molecule has 17 heavy (non-hydrogen) atoms. The third-order valence-corrected chi connectivity index (χ3v) is 2.48. The van der Waals surface area contributed by atoms with Gasteiger partial charge in [0.25, 0.3) is 0 Å². The van der Waals surface area contributed by atoms with Crippen LogP contribution in [0.1, 0.15) is 58.3 Å². The van der Waals surface area contributed by atoms with Crippen LogP contribution in [0.4, 0.5) is 0 Å².